The molecule has 0 amide bonds. The minimum atomic E-state index is -1.87. The maximum absolute atomic E-state index is 14.5. The first kappa shape index (κ1) is 13.8. The molecule has 104 valence electrons. The van der Waals surface area contributed by atoms with E-state index in [0.717, 1.165) is 16.7 Å². The van der Waals surface area contributed by atoms with E-state index < -0.39 is 14.9 Å². The molecule has 3 aromatic carbocycles. The van der Waals surface area contributed by atoms with E-state index in [0.29, 0.717) is 0 Å². The summed E-state index contributed by atoms with van der Waals surface area (Å²) in [5, 5.41) is -0.607. The zero-order valence-corrected chi connectivity index (χ0v) is 13.2. The highest BCUT2D eigenvalue weighted by molar-refractivity contribution is 6.35. The lowest BCUT2D eigenvalue weighted by Crippen LogP contribution is -2.34. The lowest BCUT2D eigenvalue weighted by molar-refractivity contribution is 0.749. The van der Waals surface area contributed by atoms with E-state index in [9.17, 15) is 4.11 Å². The first-order chi connectivity index (χ1) is 10.4. The summed E-state index contributed by atoms with van der Waals surface area (Å²) in [5.74, 6) is 0. The molecule has 0 aliphatic rings. The van der Waals surface area contributed by atoms with Gasteiger partial charge in [-0.25, -0.2) is 0 Å². The van der Waals surface area contributed by atoms with Gasteiger partial charge in [-0.1, -0.05) is 91.0 Å². The normalized spacial score (nSPS) is 11.9. The van der Waals surface area contributed by atoms with E-state index in [2.05, 4.69) is 0 Å². The van der Waals surface area contributed by atoms with Crippen LogP contribution in [0.2, 0.25) is 0 Å². The summed E-state index contributed by atoms with van der Waals surface area (Å²) in [6.45, 7) is 0. The van der Waals surface area contributed by atoms with Crippen LogP contribution in [0.25, 0.3) is 0 Å². The molecule has 2 heteroatoms. The third-order valence-corrected chi connectivity index (χ3v) is 5.63. The Morgan fingerprint density at radius 2 is 0.810 bits per heavy atom. The van der Waals surface area contributed by atoms with Gasteiger partial charge in [0.15, 0.2) is 0 Å². The average molecular weight is 292 g/mol. The zero-order chi connectivity index (χ0) is 14.5. The smallest absolute Gasteiger partial charge is 0.235 e. The summed E-state index contributed by atoms with van der Waals surface area (Å²) >= 11 is 0. The molecule has 0 nitrogen and oxygen atoms in total. The molecule has 0 unspecified atom stereocenters. The van der Waals surface area contributed by atoms with E-state index in [1.54, 1.807) is 0 Å². The molecule has 0 spiro atoms. The van der Waals surface area contributed by atoms with Gasteiger partial charge in [-0.3, -0.25) is 0 Å². The molecule has 0 bridgehead atoms. The molecule has 0 aliphatic carbocycles. The van der Waals surface area contributed by atoms with Gasteiger partial charge in [-0.2, -0.15) is 0 Å². The predicted octanol–water partition coefficient (Wildman–Crippen LogP) is 4.03. The molecule has 0 atom stereocenters. The fourth-order valence-corrected chi connectivity index (χ4v) is 4.07. The van der Waals surface area contributed by atoms with Crippen LogP contribution in [-0.4, -0.2) is 9.85 Å². The van der Waals surface area contributed by atoms with Crippen LogP contribution in [0.3, 0.4) is 0 Å². The minimum absolute atomic E-state index is 0.607. The van der Waals surface area contributed by atoms with Gasteiger partial charge >= 0.3 is 0 Å². The second kappa shape index (κ2) is 6.06. The molecule has 0 aromatic heterocycles. The lowest BCUT2D eigenvalue weighted by Gasteiger charge is -2.32. The van der Waals surface area contributed by atoms with Crippen LogP contribution in [0.15, 0.2) is 91.0 Å². The van der Waals surface area contributed by atoms with E-state index >= 15 is 0 Å². The Balaban J connectivity index is 2.29. The van der Waals surface area contributed by atoms with Gasteiger partial charge in [0.05, 0.1) is 5.04 Å². The minimum Gasteiger partial charge on any atom is -0.321 e. The van der Waals surface area contributed by atoms with Crippen LogP contribution in [0.1, 0.15) is 16.7 Å². The first-order valence-corrected chi connectivity index (χ1v) is 8.34. The van der Waals surface area contributed by atoms with E-state index in [1.807, 2.05) is 91.0 Å². The Kier molecular flexibility index (Phi) is 3.98. The van der Waals surface area contributed by atoms with Crippen molar-refractivity contribution in [3.05, 3.63) is 108 Å². The molecule has 21 heavy (non-hydrogen) atoms. The summed E-state index contributed by atoms with van der Waals surface area (Å²) in [6, 6.07) is 30.1. The average Bonchev–Trinajstić information content (AvgIpc) is 2.59. The van der Waals surface area contributed by atoms with Crippen molar-refractivity contribution < 1.29 is 4.11 Å². The van der Waals surface area contributed by atoms with Crippen LogP contribution in [0.5, 0.6) is 0 Å². The second-order valence-electron chi connectivity index (χ2n) is 5.14. The molecule has 0 saturated heterocycles. The lowest BCUT2D eigenvalue weighted by atomic mass is 9.84. The molecule has 0 N–H and O–H groups in total. The SMILES string of the molecule is F[SiH2]C(c1ccccc1)(c1ccccc1)c1ccccc1. The highest BCUT2D eigenvalue weighted by atomic mass is 28.3. The van der Waals surface area contributed by atoms with E-state index in [-0.39, 0.29) is 0 Å². The third kappa shape index (κ3) is 2.43. The fourth-order valence-electron chi connectivity index (χ4n) is 2.90. The van der Waals surface area contributed by atoms with Gasteiger partial charge < -0.3 is 4.11 Å². The van der Waals surface area contributed by atoms with Crippen molar-refractivity contribution >= 4 is 9.85 Å². The Morgan fingerprint density at radius 3 is 1.05 bits per heavy atom. The molecule has 0 heterocycles. The van der Waals surface area contributed by atoms with Crippen LogP contribution < -0.4 is 0 Å². The van der Waals surface area contributed by atoms with Gasteiger partial charge in [0.2, 0.25) is 9.85 Å². The third-order valence-electron chi connectivity index (χ3n) is 4.00. The van der Waals surface area contributed by atoms with Crippen LogP contribution >= 0.6 is 0 Å². The zero-order valence-electron chi connectivity index (χ0n) is 11.7. The summed E-state index contributed by atoms with van der Waals surface area (Å²) in [7, 11) is -1.87. The molecular weight excluding hydrogens is 275 g/mol. The summed E-state index contributed by atoms with van der Waals surface area (Å²) in [4.78, 5) is 0. The molecule has 3 rings (SSSR count). The number of hydrogen-bond acceptors (Lipinski definition) is 0. The van der Waals surface area contributed by atoms with Crippen molar-refractivity contribution in [1.82, 2.24) is 0 Å². The maximum Gasteiger partial charge on any atom is 0.235 e. The van der Waals surface area contributed by atoms with E-state index in [4.69, 9.17) is 0 Å². The highest BCUT2D eigenvalue weighted by Gasteiger charge is 2.37. The number of halogens is 1. The Morgan fingerprint density at radius 1 is 0.524 bits per heavy atom. The van der Waals surface area contributed by atoms with Crippen molar-refractivity contribution in [3.8, 4) is 0 Å². The topological polar surface area (TPSA) is 0 Å². The van der Waals surface area contributed by atoms with Gasteiger partial charge in [0.25, 0.3) is 0 Å². The van der Waals surface area contributed by atoms with Gasteiger partial charge in [-0.05, 0) is 16.7 Å². The molecular formula is C19H17FSi. The van der Waals surface area contributed by atoms with Crippen LogP contribution in [0.4, 0.5) is 4.11 Å². The molecule has 0 saturated carbocycles. The van der Waals surface area contributed by atoms with Crippen molar-refractivity contribution in [2.75, 3.05) is 0 Å². The molecule has 0 aliphatic heterocycles. The maximum atomic E-state index is 14.5. The summed E-state index contributed by atoms with van der Waals surface area (Å²) < 4.78 is 14.5. The molecule has 0 radical (unpaired) electrons. The van der Waals surface area contributed by atoms with Crippen LogP contribution in [-0.2, 0) is 5.04 Å². The monoisotopic (exact) mass is 292 g/mol. The Labute approximate surface area is 127 Å². The number of rotatable bonds is 4. The second-order valence-corrected chi connectivity index (χ2v) is 6.46. The summed E-state index contributed by atoms with van der Waals surface area (Å²) in [6.07, 6.45) is 0. The highest BCUT2D eigenvalue weighted by Crippen LogP contribution is 2.38. The van der Waals surface area contributed by atoms with Crippen LogP contribution in [0, 0.1) is 0 Å². The number of benzene rings is 3. The quantitative estimate of drug-likeness (QED) is 0.387. The Bertz CT molecular complexity index is 584. The van der Waals surface area contributed by atoms with Crippen molar-refractivity contribution in [2.45, 2.75) is 5.04 Å². The van der Waals surface area contributed by atoms with Crippen molar-refractivity contribution in [1.29, 1.82) is 0 Å². The van der Waals surface area contributed by atoms with Gasteiger partial charge in [0.1, 0.15) is 0 Å². The van der Waals surface area contributed by atoms with Crippen molar-refractivity contribution in [3.63, 3.8) is 0 Å². The van der Waals surface area contributed by atoms with E-state index in [1.165, 1.54) is 0 Å². The fraction of sp³-hybridized carbons (Fsp3) is 0.0526. The number of hydrogen-bond donors (Lipinski definition) is 0. The predicted molar refractivity (Wildman–Crippen MR) is 88.9 cm³/mol. The Hall–Kier alpha value is -2.19. The molecule has 3 aromatic rings. The summed E-state index contributed by atoms with van der Waals surface area (Å²) in [5.41, 5.74) is 3.12. The van der Waals surface area contributed by atoms with Gasteiger partial charge in [0, 0.05) is 0 Å². The van der Waals surface area contributed by atoms with Gasteiger partial charge in [-0.15, -0.1) is 0 Å². The molecule has 0 fully saturated rings. The largest absolute Gasteiger partial charge is 0.321 e. The first-order valence-electron chi connectivity index (χ1n) is 7.10. The standard InChI is InChI=1S/C19H17FSi/c20-21-19(16-10-4-1-5-11-16,17-12-6-2-7-13-17)18-14-8-3-9-15-18/h1-15H,21H2. The van der Waals surface area contributed by atoms with Crippen molar-refractivity contribution in [2.24, 2.45) is 0 Å².